The number of nitrogens with zero attached hydrogens (tertiary/aromatic N) is 3. The Kier molecular flexibility index (Phi) is 5.46. The molecule has 2 heterocycles. The van der Waals surface area contributed by atoms with Gasteiger partial charge >= 0.3 is 0 Å². The van der Waals surface area contributed by atoms with E-state index in [0.29, 0.717) is 28.1 Å². The average molecular weight is 393 g/mol. The maximum atomic E-state index is 12.6. The summed E-state index contributed by atoms with van der Waals surface area (Å²) in [6.45, 7) is 4.22. The highest BCUT2D eigenvalue weighted by atomic mass is 35.5. The van der Waals surface area contributed by atoms with Gasteiger partial charge in [-0.1, -0.05) is 53.3 Å². The van der Waals surface area contributed by atoms with Gasteiger partial charge in [-0.2, -0.15) is 5.10 Å². The van der Waals surface area contributed by atoms with E-state index in [1.54, 1.807) is 23.4 Å². The van der Waals surface area contributed by atoms with Crippen molar-refractivity contribution in [2.75, 3.05) is 11.6 Å². The second kappa shape index (κ2) is 7.59. The zero-order valence-corrected chi connectivity index (χ0v) is 16.4. The normalized spacial score (nSPS) is 10.9. The number of thiazole rings is 1. The van der Waals surface area contributed by atoms with E-state index in [9.17, 15) is 4.79 Å². The third kappa shape index (κ3) is 3.89. The molecule has 130 valence electrons. The lowest BCUT2D eigenvalue weighted by molar-refractivity contribution is 0.102. The number of nitrogens with one attached hydrogen (secondary N) is 1. The van der Waals surface area contributed by atoms with Crippen LogP contribution in [-0.2, 0) is 6.54 Å². The Balaban J connectivity index is 1.83. The van der Waals surface area contributed by atoms with Crippen LogP contribution in [0.4, 0.5) is 5.13 Å². The Hall–Kier alpha value is -1.83. The molecule has 0 saturated carbocycles. The number of halogens is 1. The molecule has 0 aliphatic rings. The Bertz CT molecular complexity index is 905. The first kappa shape index (κ1) is 18.0. The molecule has 1 amide bonds. The molecule has 0 unspecified atom stereocenters. The van der Waals surface area contributed by atoms with Crippen LogP contribution < -0.4 is 5.32 Å². The number of anilines is 1. The van der Waals surface area contributed by atoms with Crippen molar-refractivity contribution >= 4 is 45.7 Å². The zero-order chi connectivity index (χ0) is 18.0. The summed E-state index contributed by atoms with van der Waals surface area (Å²) in [5.74, 6) is -0.289. The second-order valence-electron chi connectivity index (χ2n) is 5.44. The lowest BCUT2D eigenvalue weighted by Gasteiger charge is -2.04. The first-order valence-electron chi connectivity index (χ1n) is 7.59. The quantitative estimate of drug-likeness (QED) is 0.643. The van der Waals surface area contributed by atoms with Crippen molar-refractivity contribution < 1.29 is 4.79 Å². The molecule has 3 aromatic rings. The highest BCUT2D eigenvalue weighted by molar-refractivity contribution is 8.00. The molecule has 0 radical (unpaired) electrons. The van der Waals surface area contributed by atoms with Gasteiger partial charge in [-0.05, 0) is 25.7 Å². The van der Waals surface area contributed by atoms with E-state index in [-0.39, 0.29) is 5.91 Å². The van der Waals surface area contributed by atoms with Crippen LogP contribution in [0.1, 0.15) is 27.3 Å². The van der Waals surface area contributed by atoms with E-state index in [4.69, 9.17) is 11.6 Å². The number of aromatic nitrogens is 3. The molecule has 0 aliphatic heterocycles. The van der Waals surface area contributed by atoms with Crippen LogP contribution in [0.3, 0.4) is 0 Å². The summed E-state index contributed by atoms with van der Waals surface area (Å²) in [6, 6.07) is 9.87. The first-order valence-corrected chi connectivity index (χ1v) is 10.0. The molecule has 8 heteroatoms. The number of benzene rings is 1. The smallest absolute Gasteiger partial charge is 0.262 e. The highest BCUT2D eigenvalue weighted by Gasteiger charge is 2.21. The summed E-state index contributed by atoms with van der Waals surface area (Å²) in [4.78, 5) is 17.0. The van der Waals surface area contributed by atoms with E-state index >= 15 is 0 Å². The van der Waals surface area contributed by atoms with Gasteiger partial charge in [0.25, 0.3) is 5.91 Å². The fourth-order valence-electron chi connectivity index (χ4n) is 2.46. The van der Waals surface area contributed by atoms with Crippen LogP contribution in [0.2, 0.25) is 5.15 Å². The maximum absolute atomic E-state index is 12.6. The number of hydrogen-bond acceptors (Lipinski definition) is 5. The van der Waals surface area contributed by atoms with Gasteiger partial charge in [-0.25, -0.2) is 9.67 Å². The topological polar surface area (TPSA) is 59.8 Å². The molecule has 1 N–H and O–H groups in total. The minimum atomic E-state index is -0.289. The largest absolute Gasteiger partial charge is 0.298 e. The maximum Gasteiger partial charge on any atom is 0.262 e. The summed E-state index contributed by atoms with van der Waals surface area (Å²) in [6.07, 6.45) is 1.99. The molecule has 0 fully saturated rings. The van der Waals surface area contributed by atoms with E-state index in [2.05, 4.69) is 15.4 Å². The van der Waals surface area contributed by atoms with Crippen molar-refractivity contribution in [3.05, 3.63) is 58.0 Å². The molecule has 1 aromatic carbocycles. The lowest BCUT2D eigenvalue weighted by Crippen LogP contribution is -2.13. The van der Waals surface area contributed by atoms with Gasteiger partial charge in [-0.15, -0.1) is 11.8 Å². The first-order chi connectivity index (χ1) is 12.0. The monoisotopic (exact) mass is 392 g/mol. The van der Waals surface area contributed by atoms with E-state index < -0.39 is 0 Å². The third-order valence-electron chi connectivity index (χ3n) is 3.63. The van der Waals surface area contributed by atoms with Crippen LogP contribution in [0.5, 0.6) is 0 Å². The van der Waals surface area contributed by atoms with Gasteiger partial charge in [0.15, 0.2) is 5.13 Å². The van der Waals surface area contributed by atoms with Crippen LogP contribution in [-0.4, -0.2) is 26.9 Å². The predicted molar refractivity (Wildman–Crippen MR) is 104 cm³/mol. The highest BCUT2D eigenvalue weighted by Crippen LogP contribution is 2.31. The molecule has 0 aliphatic carbocycles. The minimum Gasteiger partial charge on any atom is -0.298 e. The van der Waals surface area contributed by atoms with Crippen LogP contribution >= 0.6 is 34.7 Å². The number of aryl methyl sites for hydroxylation is 2. The minimum absolute atomic E-state index is 0.289. The van der Waals surface area contributed by atoms with Crippen molar-refractivity contribution in [2.24, 2.45) is 0 Å². The number of carbonyl (C=O) groups excluding carboxylic acids is 1. The molecular formula is C17H17ClN4OS2. The van der Waals surface area contributed by atoms with Crippen LogP contribution in [0.15, 0.2) is 34.5 Å². The Morgan fingerprint density at radius 1 is 1.28 bits per heavy atom. The van der Waals surface area contributed by atoms with Gasteiger partial charge in [-0.3, -0.25) is 10.1 Å². The summed E-state index contributed by atoms with van der Waals surface area (Å²) in [5.41, 5.74) is 2.96. The van der Waals surface area contributed by atoms with E-state index in [0.717, 1.165) is 15.5 Å². The van der Waals surface area contributed by atoms with Gasteiger partial charge in [0, 0.05) is 0 Å². The van der Waals surface area contributed by atoms with Crippen molar-refractivity contribution in [3.8, 4) is 0 Å². The van der Waals surface area contributed by atoms with Crippen molar-refractivity contribution in [2.45, 2.75) is 24.6 Å². The van der Waals surface area contributed by atoms with Crippen molar-refractivity contribution in [1.29, 1.82) is 0 Å². The van der Waals surface area contributed by atoms with E-state index in [1.165, 1.54) is 11.3 Å². The summed E-state index contributed by atoms with van der Waals surface area (Å²) >= 11 is 9.49. The van der Waals surface area contributed by atoms with Crippen molar-refractivity contribution in [1.82, 2.24) is 14.8 Å². The second-order valence-corrected chi connectivity index (χ2v) is 7.88. The van der Waals surface area contributed by atoms with Crippen LogP contribution in [0, 0.1) is 13.8 Å². The summed E-state index contributed by atoms with van der Waals surface area (Å²) in [5, 5.41) is 8.14. The molecule has 0 saturated heterocycles. The van der Waals surface area contributed by atoms with E-state index in [1.807, 2.05) is 43.5 Å². The molecule has 5 nitrogen and oxygen atoms in total. The predicted octanol–water partition coefficient (Wildman–Crippen LogP) is 4.63. The molecule has 0 spiro atoms. The Morgan fingerprint density at radius 3 is 2.64 bits per heavy atom. The molecule has 0 bridgehead atoms. The third-order valence-corrected chi connectivity index (χ3v) is 6.30. The number of rotatable bonds is 5. The van der Waals surface area contributed by atoms with Gasteiger partial charge < -0.3 is 0 Å². The molecule has 25 heavy (non-hydrogen) atoms. The fraction of sp³-hybridized carbons (Fsp3) is 0.235. The van der Waals surface area contributed by atoms with Gasteiger partial charge in [0.05, 0.1) is 27.7 Å². The molecular weight excluding hydrogens is 376 g/mol. The Labute approximate surface area is 159 Å². The lowest BCUT2D eigenvalue weighted by atomic mass is 10.2. The van der Waals surface area contributed by atoms with Crippen LogP contribution in [0.25, 0.3) is 0 Å². The summed E-state index contributed by atoms with van der Waals surface area (Å²) < 4.78 is 2.72. The molecule has 2 aromatic heterocycles. The SMILES string of the molecule is CSc1sc(NC(=O)c2c(C)nn(Cc3ccccc3)c2Cl)nc1C. The zero-order valence-electron chi connectivity index (χ0n) is 14.0. The van der Waals surface area contributed by atoms with Gasteiger partial charge in [0.2, 0.25) is 0 Å². The fourth-order valence-corrected chi connectivity index (χ4v) is 4.38. The Morgan fingerprint density at radius 2 is 2.00 bits per heavy atom. The number of hydrogen-bond donors (Lipinski definition) is 1. The number of thioether (sulfide) groups is 1. The van der Waals surface area contributed by atoms with Gasteiger partial charge in [0.1, 0.15) is 5.15 Å². The molecule has 3 rings (SSSR count). The summed E-state index contributed by atoms with van der Waals surface area (Å²) in [7, 11) is 0. The average Bonchev–Trinajstić information content (AvgIpc) is 3.07. The molecule has 0 atom stereocenters. The number of amides is 1. The number of carbonyl (C=O) groups is 1. The van der Waals surface area contributed by atoms with Crippen molar-refractivity contribution in [3.63, 3.8) is 0 Å². The standard InChI is InChI=1S/C17H17ClN4OS2/c1-10-13(15(23)20-17-19-11(2)16(24-3)25-17)14(18)22(21-10)9-12-7-5-4-6-8-12/h4-8H,9H2,1-3H3,(H,19,20,23).